The fourth-order valence-corrected chi connectivity index (χ4v) is 2.97. The highest BCUT2D eigenvalue weighted by atomic mass is 16.5. The van der Waals surface area contributed by atoms with Gasteiger partial charge < -0.3 is 9.47 Å². The number of hydrogen-bond acceptors (Lipinski definition) is 3. The molecule has 0 saturated heterocycles. The summed E-state index contributed by atoms with van der Waals surface area (Å²) in [6, 6.07) is 0. The van der Waals surface area contributed by atoms with Gasteiger partial charge in [0.05, 0.1) is 19.6 Å². The third kappa shape index (κ3) is 3.44. The maximum absolute atomic E-state index is 11.4. The van der Waals surface area contributed by atoms with E-state index in [2.05, 4.69) is 6.92 Å². The largest absolute Gasteiger partial charge is 0.465 e. The Morgan fingerprint density at radius 2 is 2.29 bits per heavy atom. The van der Waals surface area contributed by atoms with Gasteiger partial charge in [-0.1, -0.05) is 6.92 Å². The molecule has 17 heavy (non-hydrogen) atoms. The van der Waals surface area contributed by atoms with E-state index in [0.29, 0.717) is 37.6 Å². The fourth-order valence-electron chi connectivity index (χ4n) is 2.97. The van der Waals surface area contributed by atoms with Crippen LogP contribution >= 0.6 is 0 Å². The lowest BCUT2D eigenvalue weighted by atomic mass is 9.83. The first-order chi connectivity index (χ1) is 8.14. The molecular formula is C14H24O3. The smallest absolute Gasteiger partial charge is 0.308 e. The quantitative estimate of drug-likeness (QED) is 0.529. The molecule has 2 fully saturated rings. The minimum Gasteiger partial charge on any atom is -0.465 e. The average Bonchev–Trinajstić information content (AvgIpc) is 2.97. The second kappa shape index (κ2) is 5.38. The summed E-state index contributed by atoms with van der Waals surface area (Å²) in [6.45, 7) is 6.09. The molecule has 2 rings (SSSR count). The van der Waals surface area contributed by atoms with Crippen molar-refractivity contribution in [3.05, 3.63) is 0 Å². The molecule has 3 heteroatoms. The van der Waals surface area contributed by atoms with Gasteiger partial charge in [0.2, 0.25) is 0 Å². The van der Waals surface area contributed by atoms with Crippen LogP contribution in [0.25, 0.3) is 0 Å². The predicted octanol–water partition coefficient (Wildman–Crippen LogP) is 2.78. The summed E-state index contributed by atoms with van der Waals surface area (Å²) in [5.74, 6) is 1.40. The Labute approximate surface area is 104 Å². The van der Waals surface area contributed by atoms with E-state index in [1.807, 2.05) is 6.92 Å². The molecule has 0 aromatic rings. The summed E-state index contributed by atoms with van der Waals surface area (Å²) < 4.78 is 10.4. The van der Waals surface area contributed by atoms with Crippen LogP contribution in [0, 0.1) is 17.3 Å². The standard InChI is InChI=1S/C14H24O3/c1-3-16-7-5-13(15)17-10-11-4-6-14(2)9-12(14)8-11/h11-12H,3-10H2,1-2H3. The normalized spacial score (nSPS) is 35.2. The first kappa shape index (κ1) is 12.9. The molecule has 0 heterocycles. The zero-order valence-corrected chi connectivity index (χ0v) is 11.0. The minimum atomic E-state index is -0.109. The number of ether oxygens (including phenoxy) is 2. The zero-order valence-electron chi connectivity index (χ0n) is 11.0. The van der Waals surface area contributed by atoms with Gasteiger partial charge in [-0.25, -0.2) is 0 Å². The van der Waals surface area contributed by atoms with Crippen LogP contribution in [0.4, 0.5) is 0 Å². The van der Waals surface area contributed by atoms with E-state index in [1.54, 1.807) is 0 Å². The first-order valence-electron chi connectivity index (χ1n) is 6.87. The van der Waals surface area contributed by atoms with Crippen molar-refractivity contribution in [2.45, 2.75) is 46.0 Å². The number of carbonyl (C=O) groups is 1. The van der Waals surface area contributed by atoms with Gasteiger partial charge in [-0.3, -0.25) is 4.79 Å². The Hall–Kier alpha value is -0.570. The molecule has 0 aliphatic heterocycles. The molecule has 0 radical (unpaired) electrons. The van der Waals surface area contributed by atoms with E-state index in [1.165, 1.54) is 25.7 Å². The average molecular weight is 240 g/mol. The van der Waals surface area contributed by atoms with Gasteiger partial charge in [0.25, 0.3) is 0 Å². The highest BCUT2D eigenvalue weighted by molar-refractivity contribution is 5.69. The van der Waals surface area contributed by atoms with Crippen LogP contribution in [0.1, 0.15) is 46.0 Å². The van der Waals surface area contributed by atoms with Crippen LogP contribution in [0.5, 0.6) is 0 Å². The van der Waals surface area contributed by atoms with Gasteiger partial charge in [-0.2, -0.15) is 0 Å². The summed E-state index contributed by atoms with van der Waals surface area (Å²) in [7, 11) is 0. The molecule has 3 unspecified atom stereocenters. The molecule has 0 aromatic carbocycles. The number of fused-ring (bicyclic) bond motifs is 1. The van der Waals surface area contributed by atoms with Gasteiger partial charge >= 0.3 is 5.97 Å². The van der Waals surface area contributed by atoms with Crippen LogP contribution in [-0.2, 0) is 14.3 Å². The molecule has 2 saturated carbocycles. The number of rotatable bonds is 6. The second-order valence-corrected chi connectivity index (χ2v) is 5.83. The molecule has 3 atom stereocenters. The molecule has 0 spiro atoms. The summed E-state index contributed by atoms with van der Waals surface area (Å²) >= 11 is 0. The van der Waals surface area contributed by atoms with Crippen LogP contribution < -0.4 is 0 Å². The number of esters is 1. The van der Waals surface area contributed by atoms with E-state index < -0.39 is 0 Å². The Morgan fingerprint density at radius 1 is 1.47 bits per heavy atom. The van der Waals surface area contributed by atoms with Gasteiger partial charge in [-0.15, -0.1) is 0 Å². The summed E-state index contributed by atoms with van der Waals surface area (Å²) in [5.41, 5.74) is 0.648. The Kier molecular flexibility index (Phi) is 4.08. The van der Waals surface area contributed by atoms with Gasteiger partial charge in [-0.05, 0) is 49.9 Å². The molecule has 2 aliphatic rings. The summed E-state index contributed by atoms with van der Waals surface area (Å²) in [5, 5.41) is 0. The molecule has 0 N–H and O–H groups in total. The third-order valence-corrected chi connectivity index (χ3v) is 4.41. The molecule has 3 nitrogen and oxygen atoms in total. The van der Waals surface area contributed by atoms with E-state index >= 15 is 0 Å². The van der Waals surface area contributed by atoms with E-state index in [-0.39, 0.29) is 5.97 Å². The third-order valence-electron chi connectivity index (χ3n) is 4.41. The van der Waals surface area contributed by atoms with Crippen molar-refractivity contribution in [3.63, 3.8) is 0 Å². The van der Waals surface area contributed by atoms with E-state index in [4.69, 9.17) is 9.47 Å². The topological polar surface area (TPSA) is 35.5 Å². The lowest BCUT2D eigenvalue weighted by Gasteiger charge is -2.25. The molecule has 98 valence electrons. The summed E-state index contributed by atoms with van der Waals surface area (Å²) in [6.07, 6.45) is 5.59. The van der Waals surface area contributed by atoms with Crippen LogP contribution in [-0.4, -0.2) is 25.8 Å². The fraction of sp³-hybridized carbons (Fsp3) is 0.929. The van der Waals surface area contributed by atoms with Crippen LogP contribution in [0.15, 0.2) is 0 Å². The monoisotopic (exact) mass is 240 g/mol. The van der Waals surface area contributed by atoms with Crippen LogP contribution in [0.2, 0.25) is 0 Å². The van der Waals surface area contributed by atoms with Gasteiger partial charge in [0, 0.05) is 6.61 Å². The Morgan fingerprint density at radius 3 is 3.00 bits per heavy atom. The first-order valence-corrected chi connectivity index (χ1v) is 6.87. The van der Waals surface area contributed by atoms with Crippen molar-refractivity contribution < 1.29 is 14.3 Å². The Bertz CT molecular complexity index is 277. The molecule has 0 aromatic heterocycles. The van der Waals surface area contributed by atoms with Gasteiger partial charge in [0.1, 0.15) is 0 Å². The highest BCUT2D eigenvalue weighted by Crippen LogP contribution is 2.62. The number of carbonyl (C=O) groups excluding carboxylic acids is 1. The maximum Gasteiger partial charge on any atom is 0.308 e. The maximum atomic E-state index is 11.4. The van der Waals surface area contributed by atoms with Crippen molar-refractivity contribution in [2.24, 2.45) is 17.3 Å². The van der Waals surface area contributed by atoms with E-state index in [0.717, 1.165) is 5.92 Å². The molecule has 0 amide bonds. The number of hydrogen-bond donors (Lipinski definition) is 0. The predicted molar refractivity (Wildman–Crippen MR) is 65.6 cm³/mol. The Balaban J connectivity index is 1.57. The van der Waals surface area contributed by atoms with Crippen molar-refractivity contribution in [1.82, 2.24) is 0 Å². The lowest BCUT2D eigenvalue weighted by Crippen LogP contribution is -2.21. The highest BCUT2D eigenvalue weighted by Gasteiger charge is 2.52. The van der Waals surface area contributed by atoms with Crippen molar-refractivity contribution in [1.29, 1.82) is 0 Å². The SMILES string of the molecule is CCOCCC(=O)OCC1CCC2(C)CC2C1. The van der Waals surface area contributed by atoms with Crippen molar-refractivity contribution in [3.8, 4) is 0 Å². The minimum absolute atomic E-state index is 0.109. The van der Waals surface area contributed by atoms with Crippen molar-refractivity contribution >= 4 is 5.97 Å². The van der Waals surface area contributed by atoms with Gasteiger partial charge in [0.15, 0.2) is 0 Å². The second-order valence-electron chi connectivity index (χ2n) is 5.83. The zero-order chi connectivity index (χ0) is 12.3. The summed E-state index contributed by atoms with van der Waals surface area (Å²) in [4.78, 5) is 11.4. The molecule has 0 bridgehead atoms. The molecular weight excluding hydrogens is 216 g/mol. The lowest BCUT2D eigenvalue weighted by molar-refractivity contribution is -0.146. The van der Waals surface area contributed by atoms with Crippen molar-refractivity contribution in [2.75, 3.05) is 19.8 Å². The molecule has 2 aliphatic carbocycles. The van der Waals surface area contributed by atoms with E-state index in [9.17, 15) is 4.79 Å². The van der Waals surface area contributed by atoms with Crippen LogP contribution in [0.3, 0.4) is 0 Å².